The molecule has 0 radical (unpaired) electrons. The first-order valence-electron chi connectivity index (χ1n) is 6.52. The van der Waals surface area contributed by atoms with Crippen LogP contribution in [-0.4, -0.2) is 10.6 Å². The third kappa shape index (κ3) is 14.7. The number of nitrogens with one attached hydrogen (secondary N) is 1. The lowest BCUT2D eigenvalue weighted by atomic mass is 10.2. The molecule has 0 aliphatic rings. The van der Waals surface area contributed by atoms with Crippen molar-refractivity contribution in [1.29, 1.82) is 4.78 Å². The molecule has 0 aromatic heterocycles. The number of hydrogen-bond donors (Lipinski definition) is 1. The molecule has 1 N–H and O–H groups in total. The SMILES string of the molecule is CC.CC.CC.N=S(=C=O)=CCc1ccccc1. The topological polar surface area (TPSA) is 40.9 Å². The van der Waals surface area contributed by atoms with Crippen molar-refractivity contribution in [3.8, 4) is 0 Å². The van der Waals surface area contributed by atoms with E-state index in [-0.39, 0.29) is 0 Å². The standard InChI is InChI=1S/C9H9NOS.3C2H6/c10-12(8-11)7-6-9-4-2-1-3-5-9;3*1-2/h1-5,7,10H,6H2;3*1-2H3. The molecule has 0 atom stereocenters. The van der Waals surface area contributed by atoms with Crippen LogP contribution in [-0.2, 0) is 21.1 Å². The van der Waals surface area contributed by atoms with Crippen LogP contribution in [0.3, 0.4) is 0 Å². The van der Waals surface area contributed by atoms with Crippen LogP contribution in [0.25, 0.3) is 0 Å². The summed E-state index contributed by atoms with van der Waals surface area (Å²) < 4.78 is 7.12. The number of benzene rings is 1. The lowest BCUT2D eigenvalue weighted by Gasteiger charge is -1.91. The van der Waals surface area contributed by atoms with Gasteiger partial charge in [-0.1, -0.05) is 71.9 Å². The van der Waals surface area contributed by atoms with Gasteiger partial charge in [0.2, 0.25) is 0 Å². The smallest absolute Gasteiger partial charge is 0.198 e. The molecule has 0 heterocycles. The fourth-order valence-electron chi connectivity index (χ4n) is 0.828. The van der Waals surface area contributed by atoms with E-state index in [2.05, 4.69) is 0 Å². The molecule has 0 saturated carbocycles. The second kappa shape index (κ2) is 21.0. The molecule has 1 aromatic rings. The molecule has 2 nitrogen and oxygen atoms in total. The maximum Gasteiger partial charge on any atom is 0.198 e. The van der Waals surface area contributed by atoms with Gasteiger partial charge in [0, 0.05) is 6.42 Å². The molecular weight excluding hydrogens is 242 g/mol. The fourth-order valence-corrected chi connectivity index (χ4v) is 1.25. The highest BCUT2D eigenvalue weighted by molar-refractivity contribution is 7.82. The predicted octanol–water partition coefficient (Wildman–Crippen LogP) is 4.56. The summed E-state index contributed by atoms with van der Waals surface area (Å²) in [7, 11) is -1.06. The van der Waals surface area contributed by atoms with Gasteiger partial charge in [-0.2, -0.15) is 0 Å². The fraction of sp³-hybridized carbons (Fsp3) is 0.467. The minimum absolute atomic E-state index is 0.669. The molecule has 1 rings (SSSR count). The first-order chi connectivity index (χ1) is 8.83. The normalized spacial score (nSPS) is 6.78. The van der Waals surface area contributed by atoms with Crippen molar-refractivity contribution >= 4 is 20.5 Å². The third-order valence-electron chi connectivity index (χ3n) is 1.42. The Bertz CT molecular complexity index is 403. The Hall–Kier alpha value is -1.31. The van der Waals surface area contributed by atoms with Crippen LogP contribution in [0.15, 0.2) is 30.3 Å². The Kier molecular flexibility index (Phi) is 25.6. The summed E-state index contributed by atoms with van der Waals surface area (Å²) in [6, 6.07) is 9.76. The van der Waals surface area contributed by atoms with Crippen LogP contribution < -0.4 is 0 Å². The summed E-state index contributed by atoms with van der Waals surface area (Å²) >= 11 is 0. The van der Waals surface area contributed by atoms with Gasteiger partial charge in [0.1, 0.15) is 0 Å². The first-order valence-corrected chi connectivity index (χ1v) is 7.81. The summed E-state index contributed by atoms with van der Waals surface area (Å²) in [4.78, 5) is 9.99. The van der Waals surface area contributed by atoms with Gasteiger partial charge in [0.25, 0.3) is 0 Å². The second-order valence-electron chi connectivity index (χ2n) is 2.28. The molecule has 0 aliphatic carbocycles. The molecule has 3 heteroatoms. The average molecular weight is 269 g/mol. The quantitative estimate of drug-likeness (QED) is 0.786. The van der Waals surface area contributed by atoms with Gasteiger partial charge >= 0.3 is 0 Å². The molecule has 0 amide bonds. The van der Waals surface area contributed by atoms with Gasteiger partial charge in [0.15, 0.2) is 5.23 Å². The molecular formula is C15H27NOS. The maximum absolute atomic E-state index is 9.99. The Morgan fingerprint density at radius 2 is 1.50 bits per heavy atom. The Morgan fingerprint density at radius 1 is 1.06 bits per heavy atom. The van der Waals surface area contributed by atoms with Gasteiger partial charge in [-0.3, -0.25) is 0 Å². The van der Waals surface area contributed by atoms with Crippen molar-refractivity contribution in [3.05, 3.63) is 35.9 Å². The van der Waals surface area contributed by atoms with Crippen LogP contribution in [0.2, 0.25) is 0 Å². The number of rotatable bonds is 2. The van der Waals surface area contributed by atoms with E-state index < -0.39 is 9.87 Å². The first kappa shape index (κ1) is 21.9. The summed E-state index contributed by atoms with van der Waals surface area (Å²) in [5.74, 6) is 0. The Morgan fingerprint density at radius 3 is 1.89 bits per heavy atom. The second-order valence-corrected chi connectivity index (χ2v) is 3.45. The van der Waals surface area contributed by atoms with E-state index in [4.69, 9.17) is 4.78 Å². The molecule has 0 spiro atoms. The van der Waals surface area contributed by atoms with Crippen molar-refractivity contribution in [1.82, 2.24) is 0 Å². The lowest BCUT2D eigenvalue weighted by Crippen LogP contribution is -1.84. The van der Waals surface area contributed by atoms with Crippen LogP contribution in [0.1, 0.15) is 47.1 Å². The molecule has 0 saturated heterocycles. The van der Waals surface area contributed by atoms with E-state index in [9.17, 15) is 4.79 Å². The van der Waals surface area contributed by atoms with Crippen molar-refractivity contribution in [3.63, 3.8) is 0 Å². The molecule has 0 aliphatic heterocycles. The zero-order chi connectivity index (χ0) is 14.8. The Balaban J connectivity index is -0.000000328. The van der Waals surface area contributed by atoms with Crippen LogP contribution in [0, 0.1) is 4.78 Å². The number of hydrogen-bond acceptors (Lipinski definition) is 2. The highest BCUT2D eigenvalue weighted by Crippen LogP contribution is 1.96. The zero-order valence-corrected chi connectivity index (χ0v) is 13.3. The third-order valence-corrected chi connectivity index (χ3v) is 2.10. The molecule has 0 fully saturated rings. The predicted molar refractivity (Wildman–Crippen MR) is 86.0 cm³/mol. The van der Waals surface area contributed by atoms with Gasteiger partial charge in [-0.25, -0.2) is 9.57 Å². The molecule has 1 aromatic carbocycles. The maximum atomic E-state index is 9.99. The van der Waals surface area contributed by atoms with Crippen LogP contribution >= 0.6 is 0 Å². The summed E-state index contributed by atoms with van der Waals surface area (Å²) in [6.07, 6.45) is 0.669. The van der Waals surface area contributed by atoms with Gasteiger partial charge < -0.3 is 0 Å². The van der Waals surface area contributed by atoms with Crippen molar-refractivity contribution in [2.45, 2.75) is 48.0 Å². The Labute approximate surface area is 114 Å². The average Bonchev–Trinajstić information content (AvgIpc) is 2.52. The highest BCUT2D eigenvalue weighted by Gasteiger charge is 1.84. The minimum Gasteiger partial charge on any atom is -0.246 e. The summed E-state index contributed by atoms with van der Waals surface area (Å²) in [5, 5.41) is 3.28. The molecule has 0 bridgehead atoms. The summed E-state index contributed by atoms with van der Waals surface area (Å²) in [5.41, 5.74) is 1.12. The van der Waals surface area contributed by atoms with Crippen molar-refractivity contribution < 1.29 is 4.79 Å². The van der Waals surface area contributed by atoms with Crippen molar-refractivity contribution in [2.24, 2.45) is 0 Å². The highest BCUT2D eigenvalue weighted by atomic mass is 32.1. The van der Waals surface area contributed by atoms with Crippen LogP contribution in [0.4, 0.5) is 0 Å². The van der Waals surface area contributed by atoms with Gasteiger partial charge in [-0.15, -0.1) is 0 Å². The van der Waals surface area contributed by atoms with E-state index in [0.717, 1.165) is 5.56 Å². The van der Waals surface area contributed by atoms with Gasteiger partial charge in [-0.05, 0) is 20.8 Å². The largest absolute Gasteiger partial charge is 0.246 e. The molecule has 104 valence electrons. The number of carbonyl (C=O) groups excluding carboxylic acids is 1. The minimum atomic E-state index is -1.06. The molecule has 0 unspecified atom stereocenters. The zero-order valence-electron chi connectivity index (χ0n) is 12.5. The van der Waals surface area contributed by atoms with Gasteiger partial charge in [0.05, 0.1) is 0 Å². The van der Waals surface area contributed by atoms with E-state index >= 15 is 0 Å². The monoisotopic (exact) mass is 269 g/mol. The van der Waals surface area contributed by atoms with E-state index in [1.807, 2.05) is 71.9 Å². The molecule has 18 heavy (non-hydrogen) atoms. The van der Waals surface area contributed by atoms with Crippen LogP contribution in [0.5, 0.6) is 0 Å². The van der Waals surface area contributed by atoms with Crippen molar-refractivity contribution in [2.75, 3.05) is 0 Å². The lowest BCUT2D eigenvalue weighted by molar-refractivity contribution is 0.572. The summed E-state index contributed by atoms with van der Waals surface area (Å²) in [6.45, 7) is 12.0. The van der Waals surface area contributed by atoms with E-state index in [1.54, 1.807) is 10.6 Å². The van der Waals surface area contributed by atoms with E-state index in [1.165, 1.54) is 0 Å². The van der Waals surface area contributed by atoms with E-state index in [0.29, 0.717) is 6.42 Å².